The van der Waals surface area contributed by atoms with Crippen molar-refractivity contribution in [3.8, 4) is 11.3 Å². The summed E-state index contributed by atoms with van der Waals surface area (Å²) >= 11 is 1.41. The van der Waals surface area contributed by atoms with Gasteiger partial charge in [0.15, 0.2) is 0 Å². The topological polar surface area (TPSA) is 87.1 Å². The minimum absolute atomic E-state index is 0.139. The molecule has 0 saturated carbocycles. The van der Waals surface area contributed by atoms with Gasteiger partial charge in [0.25, 0.3) is 0 Å². The van der Waals surface area contributed by atoms with Gasteiger partial charge in [0, 0.05) is 43.8 Å². The molecule has 180 valence electrons. The number of sulfonamides is 1. The third-order valence-corrected chi connectivity index (χ3v) is 8.02. The Bertz CT molecular complexity index is 1250. The van der Waals surface area contributed by atoms with Crippen molar-refractivity contribution >= 4 is 38.4 Å². The summed E-state index contributed by atoms with van der Waals surface area (Å²) in [6.07, 6.45) is 1.46. The standard InChI is InChI=1S/C24H29N5O3S2/c1-17-14-29(15-18(2)32-17)34(30,31)22-7-5-6-20(12-22)23-16-33-24(26-23)27-25-13-19-8-10-21(11-9-19)28(3)4/h5-13,16-18H,14-15H2,1-4H3,(H,26,27). The number of aromatic nitrogens is 1. The first-order chi connectivity index (χ1) is 16.2. The molecule has 1 aliphatic rings. The number of ether oxygens (including phenoxy) is 1. The van der Waals surface area contributed by atoms with E-state index in [2.05, 4.69) is 15.5 Å². The van der Waals surface area contributed by atoms with E-state index in [9.17, 15) is 8.42 Å². The molecule has 1 aliphatic heterocycles. The lowest BCUT2D eigenvalue weighted by Gasteiger charge is -2.34. The van der Waals surface area contributed by atoms with Gasteiger partial charge in [-0.15, -0.1) is 11.3 Å². The molecule has 0 spiro atoms. The number of benzene rings is 2. The molecule has 4 rings (SSSR count). The third-order valence-electron chi connectivity index (χ3n) is 5.44. The van der Waals surface area contributed by atoms with Crippen LogP contribution in [0.5, 0.6) is 0 Å². The minimum Gasteiger partial charge on any atom is -0.378 e. The van der Waals surface area contributed by atoms with Gasteiger partial charge < -0.3 is 9.64 Å². The van der Waals surface area contributed by atoms with Crippen molar-refractivity contribution in [2.45, 2.75) is 31.0 Å². The van der Waals surface area contributed by atoms with E-state index in [0.29, 0.717) is 23.9 Å². The molecular formula is C24H29N5O3S2. The van der Waals surface area contributed by atoms with Crippen LogP contribution in [0.25, 0.3) is 11.3 Å². The van der Waals surface area contributed by atoms with Crippen LogP contribution >= 0.6 is 11.3 Å². The molecule has 1 saturated heterocycles. The van der Waals surface area contributed by atoms with E-state index < -0.39 is 10.0 Å². The maximum Gasteiger partial charge on any atom is 0.243 e. The summed E-state index contributed by atoms with van der Waals surface area (Å²) in [7, 11) is 0.381. The second-order valence-corrected chi connectivity index (χ2v) is 11.3. The Labute approximate surface area is 204 Å². The second-order valence-electron chi connectivity index (χ2n) is 8.50. The van der Waals surface area contributed by atoms with Crippen LogP contribution in [0.2, 0.25) is 0 Å². The number of nitrogens with one attached hydrogen (secondary N) is 1. The van der Waals surface area contributed by atoms with Crippen molar-refractivity contribution < 1.29 is 13.2 Å². The van der Waals surface area contributed by atoms with E-state index in [1.807, 2.05) is 68.6 Å². The van der Waals surface area contributed by atoms with Crippen LogP contribution in [0.3, 0.4) is 0 Å². The van der Waals surface area contributed by atoms with Gasteiger partial charge in [-0.3, -0.25) is 5.43 Å². The Balaban J connectivity index is 1.46. The Hall–Kier alpha value is -2.79. The average molecular weight is 500 g/mol. The maximum atomic E-state index is 13.2. The number of anilines is 2. The highest BCUT2D eigenvalue weighted by atomic mass is 32.2. The highest BCUT2D eigenvalue weighted by Crippen LogP contribution is 2.28. The van der Waals surface area contributed by atoms with Crippen molar-refractivity contribution in [2.75, 3.05) is 37.5 Å². The van der Waals surface area contributed by atoms with Crippen molar-refractivity contribution in [2.24, 2.45) is 5.10 Å². The van der Waals surface area contributed by atoms with Gasteiger partial charge in [-0.05, 0) is 43.7 Å². The molecule has 1 N–H and O–H groups in total. The molecule has 34 heavy (non-hydrogen) atoms. The van der Waals surface area contributed by atoms with Crippen LogP contribution in [-0.4, -0.2) is 63.3 Å². The zero-order valence-electron chi connectivity index (χ0n) is 19.7. The van der Waals surface area contributed by atoms with E-state index in [4.69, 9.17) is 4.74 Å². The van der Waals surface area contributed by atoms with Crippen molar-refractivity contribution in [3.05, 3.63) is 59.5 Å². The van der Waals surface area contributed by atoms with Crippen LogP contribution in [-0.2, 0) is 14.8 Å². The molecule has 0 amide bonds. The summed E-state index contributed by atoms with van der Waals surface area (Å²) in [5.74, 6) is 0. The third kappa shape index (κ3) is 5.64. The van der Waals surface area contributed by atoms with Gasteiger partial charge in [0.2, 0.25) is 15.2 Å². The Morgan fingerprint density at radius 1 is 1.15 bits per heavy atom. The second kappa shape index (κ2) is 10.2. The van der Waals surface area contributed by atoms with Crippen molar-refractivity contribution in [3.63, 3.8) is 0 Å². The van der Waals surface area contributed by atoms with E-state index >= 15 is 0 Å². The molecule has 8 nitrogen and oxygen atoms in total. The largest absolute Gasteiger partial charge is 0.378 e. The van der Waals surface area contributed by atoms with Crippen molar-refractivity contribution in [1.82, 2.24) is 9.29 Å². The zero-order valence-corrected chi connectivity index (χ0v) is 21.3. The number of hydrogen-bond acceptors (Lipinski definition) is 8. The van der Waals surface area contributed by atoms with Crippen molar-refractivity contribution in [1.29, 1.82) is 0 Å². The van der Waals surface area contributed by atoms with Gasteiger partial charge in [-0.25, -0.2) is 13.4 Å². The summed E-state index contributed by atoms with van der Waals surface area (Å²) < 4.78 is 33.6. The summed E-state index contributed by atoms with van der Waals surface area (Å²) in [6, 6.07) is 15.0. The predicted octanol–water partition coefficient (Wildman–Crippen LogP) is 4.12. The molecule has 0 bridgehead atoms. The monoisotopic (exact) mass is 499 g/mol. The van der Waals surface area contributed by atoms with E-state index in [-0.39, 0.29) is 17.1 Å². The Kier molecular flexibility index (Phi) is 7.32. The van der Waals surface area contributed by atoms with Crippen LogP contribution in [0.15, 0.2) is 63.9 Å². The number of rotatable bonds is 7. The maximum absolute atomic E-state index is 13.2. The predicted molar refractivity (Wildman–Crippen MR) is 138 cm³/mol. The van der Waals surface area contributed by atoms with E-state index in [1.54, 1.807) is 24.4 Å². The van der Waals surface area contributed by atoms with Crippen LogP contribution in [0.1, 0.15) is 19.4 Å². The molecule has 2 aromatic carbocycles. The fourth-order valence-electron chi connectivity index (χ4n) is 3.77. The Morgan fingerprint density at radius 2 is 1.85 bits per heavy atom. The summed E-state index contributed by atoms with van der Waals surface area (Å²) in [6.45, 7) is 4.47. The number of morpholine rings is 1. The number of hydrogen-bond donors (Lipinski definition) is 1. The lowest BCUT2D eigenvalue weighted by atomic mass is 10.2. The fourth-order valence-corrected chi connectivity index (χ4v) is 6.08. The van der Waals surface area contributed by atoms with Gasteiger partial charge in [0.05, 0.1) is 29.0 Å². The smallest absolute Gasteiger partial charge is 0.243 e. The highest BCUT2D eigenvalue weighted by Gasteiger charge is 2.32. The molecule has 3 aromatic rings. The molecule has 2 heterocycles. The first kappa shape index (κ1) is 24.3. The molecule has 0 radical (unpaired) electrons. The molecule has 1 fully saturated rings. The normalized spacial score (nSPS) is 19.4. The number of thiazole rings is 1. The summed E-state index contributed by atoms with van der Waals surface area (Å²) in [5.41, 5.74) is 6.48. The average Bonchev–Trinajstić information content (AvgIpc) is 3.28. The lowest BCUT2D eigenvalue weighted by molar-refractivity contribution is -0.0440. The van der Waals surface area contributed by atoms with Crippen LogP contribution < -0.4 is 10.3 Å². The first-order valence-corrected chi connectivity index (χ1v) is 13.3. The molecule has 10 heteroatoms. The number of hydrazone groups is 1. The summed E-state index contributed by atoms with van der Waals surface area (Å²) in [4.78, 5) is 6.86. The van der Waals surface area contributed by atoms with Crippen LogP contribution in [0.4, 0.5) is 10.8 Å². The Morgan fingerprint density at radius 3 is 2.53 bits per heavy atom. The van der Waals surface area contributed by atoms with E-state index in [1.165, 1.54) is 15.6 Å². The molecular weight excluding hydrogens is 470 g/mol. The molecule has 0 aliphatic carbocycles. The molecule has 2 atom stereocenters. The van der Waals surface area contributed by atoms with Gasteiger partial charge >= 0.3 is 0 Å². The van der Waals surface area contributed by atoms with E-state index in [0.717, 1.165) is 16.8 Å². The van der Waals surface area contributed by atoms with Gasteiger partial charge in [-0.2, -0.15) is 9.41 Å². The summed E-state index contributed by atoms with van der Waals surface area (Å²) in [5, 5.41) is 6.78. The van der Waals surface area contributed by atoms with Gasteiger partial charge in [-0.1, -0.05) is 24.3 Å². The highest BCUT2D eigenvalue weighted by molar-refractivity contribution is 7.89. The quantitative estimate of drug-likeness (QED) is 0.389. The lowest BCUT2D eigenvalue weighted by Crippen LogP contribution is -2.48. The number of nitrogens with zero attached hydrogens (tertiary/aromatic N) is 4. The fraction of sp³-hybridized carbons (Fsp3) is 0.333. The minimum atomic E-state index is -3.62. The SMILES string of the molecule is CC1CN(S(=O)(=O)c2cccc(-c3csc(NN=Cc4ccc(N(C)C)cc4)n3)c2)CC(C)O1. The molecule has 1 aromatic heterocycles. The van der Waals surface area contributed by atoms with Crippen LogP contribution in [0, 0.1) is 0 Å². The van der Waals surface area contributed by atoms with Gasteiger partial charge in [0.1, 0.15) is 0 Å². The first-order valence-electron chi connectivity index (χ1n) is 11.0. The zero-order chi connectivity index (χ0) is 24.3. The molecule has 2 unspecified atom stereocenters.